The molecule has 0 radical (unpaired) electrons. The first-order valence-electron chi connectivity index (χ1n) is 11.7. The summed E-state index contributed by atoms with van der Waals surface area (Å²) in [5.41, 5.74) is -6.06. The molecule has 4 aliphatic carbocycles. The standard InChI is InChI=1S/C25H33F3O4S/c1-13(2)32-25(21(31)33-12-26)14(3)8-16-17-10-19(27)18-9-15(29)6-7-22(18,4)24(17,28)20(30)11-23(16,25)5/h6-7,9,13-14,16-17,19-20,30H,8,10-12H2,1-5H3/t14-,16+,17+,19+,20+,22+,23+,24+,25+/m1/s1. The molecule has 0 aromatic heterocycles. The normalized spacial score (nSPS) is 48.8. The Labute approximate surface area is 197 Å². The Kier molecular flexibility index (Phi) is 6.02. The van der Waals surface area contributed by atoms with Crippen LogP contribution in [-0.4, -0.2) is 51.7 Å². The number of carbonyl (C=O) groups excluding carboxylic acids is 2. The largest absolute Gasteiger partial charge is 0.390 e. The van der Waals surface area contributed by atoms with Gasteiger partial charge in [0.25, 0.3) is 0 Å². The molecule has 0 bridgehead atoms. The number of aliphatic hydroxyl groups is 1. The van der Waals surface area contributed by atoms with Crippen molar-refractivity contribution in [3.63, 3.8) is 0 Å². The summed E-state index contributed by atoms with van der Waals surface area (Å²) < 4.78 is 52.3. The molecule has 4 nitrogen and oxygen atoms in total. The van der Waals surface area contributed by atoms with E-state index in [1.54, 1.807) is 20.8 Å². The molecule has 33 heavy (non-hydrogen) atoms. The van der Waals surface area contributed by atoms with Crippen molar-refractivity contribution >= 4 is 22.7 Å². The lowest BCUT2D eigenvalue weighted by Gasteiger charge is -2.63. The van der Waals surface area contributed by atoms with Gasteiger partial charge in [-0.3, -0.25) is 9.59 Å². The van der Waals surface area contributed by atoms with Crippen LogP contribution in [0.3, 0.4) is 0 Å². The molecule has 4 rings (SSSR count). The highest BCUT2D eigenvalue weighted by Crippen LogP contribution is 2.72. The van der Waals surface area contributed by atoms with E-state index in [4.69, 9.17) is 4.74 Å². The van der Waals surface area contributed by atoms with Gasteiger partial charge in [0, 0.05) is 16.7 Å². The van der Waals surface area contributed by atoms with E-state index in [9.17, 15) is 19.1 Å². The zero-order valence-corrected chi connectivity index (χ0v) is 20.6. The average molecular weight is 487 g/mol. The molecule has 0 aliphatic heterocycles. The van der Waals surface area contributed by atoms with Crippen molar-refractivity contribution in [2.45, 2.75) is 83.5 Å². The Bertz CT molecular complexity index is 921. The van der Waals surface area contributed by atoms with Gasteiger partial charge < -0.3 is 9.84 Å². The van der Waals surface area contributed by atoms with Crippen molar-refractivity contribution in [3.05, 3.63) is 23.8 Å². The zero-order chi connectivity index (χ0) is 24.6. The van der Waals surface area contributed by atoms with Gasteiger partial charge in [-0.2, -0.15) is 0 Å². The van der Waals surface area contributed by atoms with Crippen LogP contribution in [0.4, 0.5) is 13.2 Å². The number of alkyl halides is 3. The van der Waals surface area contributed by atoms with Gasteiger partial charge in [0.05, 0.1) is 12.2 Å². The van der Waals surface area contributed by atoms with Gasteiger partial charge in [0.1, 0.15) is 17.8 Å². The minimum Gasteiger partial charge on any atom is -0.390 e. The molecule has 0 aromatic rings. The second-order valence-corrected chi connectivity index (χ2v) is 11.8. The number of rotatable bonds is 4. The molecule has 0 heterocycles. The third kappa shape index (κ3) is 3.05. The van der Waals surface area contributed by atoms with Crippen molar-refractivity contribution in [3.8, 4) is 0 Å². The number of halogens is 3. The Morgan fingerprint density at radius 2 is 1.97 bits per heavy atom. The lowest BCUT2D eigenvalue weighted by Crippen LogP contribution is -2.70. The van der Waals surface area contributed by atoms with Gasteiger partial charge in [0.15, 0.2) is 11.5 Å². The monoisotopic (exact) mass is 486 g/mol. The van der Waals surface area contributed by atoms with Crippen LogP contribution < -0.4 is 0 Å². The van der Waals surface area contributed by atoms with Gasteiger partial charge in [-0.15, -0.1) is 0 Å². The Morgan fingerprint density at radius 1 is 1.30 bits per heavy atom. The molecule has 0 amide bonds. The van der Waals surface area contributed by atoms with Crippen LogP contribution in [-0.2, 0) is 14.3 Å². The number of fused-ring (bicyclic) bond motifs is 5. The molecular formula is C25H33F3O4S. The predicted octanol–water partition coefficient (Wildman–Crippen LogP) is 4.90. The molecule has 3 fully saturated rings. The number of hydrogen-bond donors (Lipinski definition) is 1. The van der Waals surface area contributed by atoms with Crippen molar-refractivity contribution in [1.29, 1.82) is 0 Å². The van der Waals surface area contributed by atoms with E-state index in [1.165, 1.54) is 12.2 Å². The summed E-state index contributed by atoms with van der Waals surface area (Å²) in [5.74, 6) is -2.13. The highest BCUT2D eigenvalue weighted by atomic mass is 32.2. The molecule has 9 atom stereocenters. The van der Waals surface area contributed by atoms with Crippen LogP contribution in [0.2, 0.25) is 0 Å². The highest BCUT2D eigenvalue weighted by Gasteiger charge is 2.77. The van der Waals surface area contributed by atoms with Crippen molar-refractivity contribution < 1.29 is 32.6 Å². The summed E-state index contributed by atoms with van der Waals surface area (Å²) in [5, 5.41) is 10.9. The molecular weight excluding hydrogens is 453 g/mol. The fraction of sp³-hybridized carbons (Fsp3) is 0.760. The van der Waals surface area contributed by atoms with Crippen LogP contribution in [0.5, 0.6) is 0 Å². The van der Waals surface area contributed by atoms with E-state index < -0.39 is 63.1 Å². The fourth-order valence-electron chi connectivity index (χ4n) is 7.79. The summed E-state index contributed by atoms with van der Waals surface area (Å²) in [7, 11) is 0. The summed E-state index contributed by atoms with van der Waals surface area (Å²) in [6.45, 7) is 8.78. The topological polar surface area (TPSA) is 63.6 Å². The number of ether oxygens (including phenoxy) is 1. The van der Waals surface area contributed by atoms with E-state index >= 15 is 8.78 Å². The van der Waals surface area contributed by atoms with Gasteiger partial charge in [-0.05, 0) is 69.6 Å². The number of ketones is 1. The minimum absolute atomic E-state index is 0.0659. The third-order valence-corrected chi connectivity index (χ3v) is 9.75. The SMILES string of the molecule is CC(C)O[C@]1(C(=O)SCF)[C@H](C)C[C@H]2[C@@H]3C[C@H](F)C4=CC(=O)C=C[C@]4(C)[C@@]3(F)[C@@H](O)C[C@@]21C. The maximum Gasteiger partial charge on any atom is 0.224 e. The number of carbonyl (C=O) groups is 2. The lowest BCUT2D eigenvalue weighted by molar-refractivity contribution is -0.234. The first kappa shape index (κ1) is 25.0. The predicted molar refractivity (Wildman–Crippen MR) is 121 cm³/mol. The molecule has 0 saturated heterocycles. The van der Waals surface area contributed by atoms with E-state index in [-0.39, 0.29) is 30.4 Å². The number of thioether (sulfide) groups is 1. The molecule has 0 aromatic carbocycles. The number of allylic oxidation sites excluding steroid dienone is 4. The summed E-state index contributed by atoms with van der Waals surface area (Å²) >= 11 is 0.538. The second kappa shape index (κ2) is 7.95. The highest BCUT2D eigenvalue weighted by molar-refractivity contribution is 8.13. The maximum absolute atomic E-state index is 17.2. The Hall–Kier alpha value is -1.12. The van der Waals surface area contributed by atoms with Gasteiger partial charge in [0.2, 0.25) is 5.12 Å². The Balaban J connectivity index is 1.87. The molecule has 3 saturated carbocycles. The van der Waals surface area contributed by atoms with Gasteiger partial charge in [-0.25, -0.2) is 13.2 Å². The van der Waals surface area contributed by atoms with Crippen LogP contribution >= 0.6 is 11.8 Å². The molecule has 0 spiro atoms. The third-order valence-electron chi connectivity index (χ3n) is 9.08. The van der Waals surface area contributed by atoms with E-state index in [0.29, 0.717) is 18.2 Å². The quantitative estimate of drug-likeness (QED) is 0.612. The molecule has 8 heteroatoms. The smallest absolute Gasteiger partial charge is 0.224 e. The van der Waals surface area contributed by atoms with Crippen molar-refractivity contribution in [2.24, 2.45) is 28.6 Å². The number of aliphatic hydroxyl groups excluding tert-OH is 1. The van der Waals surface area contributed by atoms with Gasteiger partial charge in [-0.1, -0.05) is 31.7 Å². The van der Waals surface area contributed by atoms with E-state index in [1.807, 2.05) is 13.8 Å². The number of hydrogen-bond acceptors (Lipinski definition) is 5. The molecule has 0 unspecified atom stereocenters. The summed E-state index contributed by atoms with van der Waals surface area (Å²) in [6.07, 6.45) is 0.503. The second-order valence-electron chi connectivity index (χ2n) is 10.9. The lowest BCUT2D eigenvalue weighted by atomic mass is 9.44. The summed E-state index contributed by atoms with van der Waals surface area (Å²) in [4.78, 5) is 25.4. The first-order valence-corrected chi connectivity index (χ1v) is 12.7. The Morgan fingerprint density at radius 3 is 2.58 bits per heavy atom. The molecule has 184 valence electrons. The van der Waals surface area contributed by atoms with Crippen LogP contribution in [0.1, 0.15) is 53.9 Å². The van der Waals surface area contributed by atoms with Crippen molar-refractivity contribution in [1.82, 2.24) is 0 Å². The van der Waals surface area contributed by atoms with Crippen LogP contribution in [0.15, 0.2) is 23.8 Å². The van der Waals surface area contributed by atoms with E-state index in [0.717, 1.165) is 6.08 Å². The maximum atomic E-state index is 17.2. The summed E-state index contributed by atoms with van der Waals surface area (Å²) in [6, 6.07) is -0.911. The zero-order valence-electron chi connectivity index (χ0n) is 19.7. The fourth-order valence-corrected chi connectivity index (χ4v) is 8.58. The first-order chi connectivity index (χ1) is 15.3. The van der Waals surface area contributed by atoms with E-state index in [2.05, 4.69) is 0 Å². The average Bonchev–Trinajstić information content (AvgIpc) is 2.93. The molecule has 4 aliphatic rings. The van der Waals surface area contributed by atoms with Crippen molar-refractivity contribution in [2.75, 3.05) is 6.01 Å². The van der Waals surface area contributed by atoms with Crippen LogP contribution in [0, 0.1) is 28.6 Å². The van der Waals surface area contributed by atoms with Crippen LogP contribution in [0.25, 0.3) is 0 Å². The molecule has 1 N–H and O–H groups in total. The minimum atomic E-state index is -2.22. The van der Waals surface area contributed by atoms with Gasteiger partial charge >= 0.3 is 0 Å².